The second kappa shape index (κ2) is 7.25. The highest BCUT2D eigenvalue weighted by molar-refractivity contribution is 5.85. The zero-order chi connectivity index (χ0) is 11.3. The summed E-state index contributed by atoms with van der Waals surface area (Å²) in [5.74, 6) is -1.22. The van der Waals surface area contributed by atoms with E-state index in [1.165, 1.54) is 5.56 Å². The molecule has 0 radical (unpaired) electrons. The van der Waals surface area contributed by atoms with Crippen LogP contribution in [0.5, 0.6) is 0 Å². The van der Waals surface area contributed by atoms with Crippen molar-refractivity contribution >= 4 is 18.4 Å². The standard InChI is InChI=1S/C12H17NO2.ClH/c1-9(12(14)15)11-6-4-10(5-7-11)3-2-8-13;/h4-7,9H,2-3,8,13H2,1H3,(H,14,15);1H. The second-order valence-electron chi connectivity index (χ2n) is 3.69. The summed E-state index contributed by atoms with van der Waals surface area (Å²) in [5.41, 5.74) is 7.47. The molecule has 3 nitrogen and oxygen atoms in total. The number of carbonyl (C=O) groups is 1. The fourth-order valence-corrected chi connectivity index (χ4v) is 1.42. The maximum Gasteiger partial charge on any atom is 0.310 e. The molecule has 0 saturated heterocycles. The highest BCUT2D eigenvalue weighted by Crippen LogP contribution is 2.16. The van der Waals surface area contributed by atoms with Gasteiger partial charge in [0.25, 0.3) is 0 Å². The van der Waals surface area contributed by atoms with Crippen molar-refractivity contribution in [2.24, 2.45) is 5.73 Å². The average Bonchev–Trinajstić information content (AvgIpc) is 2.26. The van der Waals surface area contributed by atoms with Crippen LogP contribution >= 0.6 is 12.4 Å². The van der Waals surface area contributed by atoms with Crippen molar-refractivity contribution in [3.8, 4) is 0 Å². The van der Waals surface area contributed by atoms with Crippen LogP contribution in [-0.4, -0.2) is 17.6 Å². The predicted molar refractivity (Wildman–Crippen MR) is 67.1 cm³/mol. The molecular weight excluding hydrogens is 226 g/mol. The van der Waals surface area contributed by atoms with Crippen molar-refractivity contribution in [1.29, 1.82) is 0 Å². The monoisotopic (exact) mass is 243 g/mol. The SMILES string of the molecule is CC(C(=O)O)c1ccc(CCCN)cc1.Cl. The van der Waals surface area contributed by atoms with Gasteiger partial charge in [-0.25, -0.2) is 0 Å². The highest BCUT2D eigenvalue weighted by Gasteiger charge is 2.12. The Morgan fingerprint density at radius 2 is 1.94 bits per heavy atom. The van der Waals surface area contributed by atoms with Gasteiger partial charge < -0.3 is 10.8 Å². The topological polar surface area (TPSA) is 63.3 Å². The van der Waals surface area contributed by atoms with Crippen molar-refractivity contribution in [3.05, 3.63) is 35.4 Å². The van der Waals surface area contributed by atoms with Gasteiger partial charge in [-0.3, -0.25) is 4.79 Å². The molecule has 0 saturated carbocycles. The molecule has 1 aromatic carbocycles. The van der Waals surface area contributed by atoms with Crippen LogP contribution in [0.25, 0.3) is 0 Å². The molecule has 0 aliphatic heterocycles. The van der Waals surface area contributed by atoms with E-state index in [-0.39, 0.29) is 12.4 Å². The van der Waals surface area contributed by atoms with Crippen molar-refractivity contribution < 1.29 is 9.90 Å². The van der Waals surface area contributed by atoms with Gasteiger partial charge in [0, 0.05) is 0 Å². The highest BCUT2D eigenvalue weighted by atomic mass is 35.5. The number of carboxylic acid groups (broad SMARTS) is 1. The number of nitrogens with two attached hydrogens (primary N) is 1. The Kier molecular flexibility index (Phi) is 6.77. The molecule has 3 N–H and O–H groups in total. The molecule has 0 heterocycles. The lowest BCUT2D eigenvalue weighted by Gasteiger charge is -2.07. The first-order valence-corrected chi connectivity index (χ1v) is 5.17. The van der Waals surface area contributed by atoms with Gasteiger partial charge in [0.05, 0.1) is 5.92 Å². The summed E-state index contributed by atoms with van der Waals surface area (Å²) in [4.78, 5) is 10.7. The number of aryl methyl sites for hydroxylation is 1. The number of halogens is 1. The summed E-state index contributed by atoms with van der Waals surface area (Å²) in [7, 11) is 0. The maximum absolute atomic E-state index is 10.7. The summed E-state index contributed by atoms with van der Waals surface area (Å²) in [6, 6.07) is 7.71. The quantitative estimate of drug-likeness (QED) is 0.833. The van der Waals surface area contributed by atoms with E-state index in [4.69, 9.17) is 10.8 Å². The van der Waals surface area contributed by atoms with Crippen molar-refractivity contribution in [2.45, 2.75) is 25.7 Å². The van der Waals surface area contributed by atoms with Crippen LogP contribution in [0.1, 0.15) is 30.4 Å². The number of hydrogen-bond acceptors (Lipinski definition) is 2. The molecule has 0 amide bonds. The molecule has 0 spiro atoms. The maximum atomic E-state index is 10.7. The molecule has 1 aromatic rings. The molecular formula is C12H18ClNO2. The molecule has 0 bridgehead atoms. The Morgan fingerprint density at radius 3 is 2.38 bits per heavy atom. The summed E-state index contributed by atoms with van der Waals surface area (Å²) in [6.07, 6.45) is 1.92. The molecule has 0 aliphatic carbocycles. The van der Waals surface area contributed by atoms with Crippen LogP contribution in [0.2, 0.25) is 0 Å². The summed E-state index contributed by atoms with van der Waals surface area (Å²) < 4.78 is 0. The minimum atomic E-state index is -0.787. The zero-order valence-corrected chi connectivity index (χ0v) is 10.2. The average molecular weight is 244 g/mol. The number of benzene rings is 1. The van der Waals surface area contributed by atoms with E-state index in [2.05, 4.69) is 0 Å². The Balaban J connectivity index is 0.00000225. The molecule has 1 rings (SSSR count). The van der Waals surface area contributed by atoms with E-state index >= 15 is 0 Å². The number of hydrogen-bond donors (Lipinski definition) is 2. The van der Waals surface area contributed by atoms with Gasteiger partial charge >= 0.3 is 5.97 Å². The van der Waals surface area contributed by atoms with Gasteiger partial charge in [0.1, 0.15) is 0 Å². The van der Waals surface area contributed by atoms with Gasteiger partial charge in [0.15, 0.2) is 0 Å². The number of carboxylic acids is 1. The van der Waals surface area contributed by atoms with E-state index in [1.807, 2.05) is 24.3 Å². The Hall–Kier alpha value is -1.06. The van der Waals surface area contributed by atoms with Crippen LogP contribution in [0, 0.1) is 0 Å². The summed E-state index contributed by atoms with van der Waals surface area (Å²) in [6.45, 7) is 2.38. The zero-order valence-electron chi connectivity index (χ0n) is 9.35. The van der Waals surface area contributed by atoms with Gasteiger partial charge in [-0.05, 0) is 37.4 Å². The van der Waals surface area contributed by atoms with Crippen LogP contribution in [0.3, 0.4) is 0 Å². The van der Waals surface area contributed by atoms with E-state index < -0.39 is 11.9 Å². The smallest absolute Gasteiger partial charge is 0.310 e. The first-order valence-electron chi connectivity index (χ1n) is 5.17. The Bertz CT molecular complexity index is 324. The van der Waals surface area contributed by atoms with Crippen LogP contribution in [0.15, 0.2) is 24.3 Å². The van der Waals surface area contributed by atoms with E-state index in [9.17, 15) is 4.79 Å². The third-order valence-corrected chi connectivity index (χ3v) is 2.52. The van der Waals surface area contributed by atoms with Crippen LogP contribution in [0.4, 0.5) is 0 Å². The molecule has 16 heavy (non-hydrogen) atoms. The third kappa shape index (κ3) is 4.21. The largest absolute Gasteiger partial charge is 0.481 e. The first-order chi connectivity index (χ1) is 7.15. The molecule has 1 unspecified atom stereocenters. The first kappa shape index (κ1) is 14.9. The third-order valence-electron chi connectivity index (χ3n) is 2.52. The minimum Gasteiger partial charge on any atom is -0.481 e. The van der Waals surface area contributed by atoms with E-state index in [0.29, 0.717) is 6.54 Å². The lowest BCUT2D eigenvalue weighted by atomic mass is 9.99. The lowest BCUT2D eigenvalue weighted by Crippen LogP contribution is -2.07. The Labute approximate surface area is 102 Å². The molecule has 0 fully saturated rings. The number of aliphatic carboxylic acids is 1. The fourth-order valence-electron chi connectivity index (χ4n) is 1.42. The fraction of sp³-hybridized carbons (Fsp3) is 0.417. The molecule has 90 valence electrons. The molecule has 4 heteroatoms. The van der Waals surface area contributed by atoms with Gasteiger partial charge in [-0.2, -0.15) is 0 Å². The normalized spacial score (nSPS) is 11.6. The van der Waals surface area contributed by atoms with Gasteiger partial charge in [-0.15, -0.1) is 12.4 Å². The second-order valence-corrected chi connectivity index (χ2v) is 3.69. The van der Waals surface area contributed by atoms with Crippen LogP contribution in [-0.2, 0) is 11.2 Å². The number of rotatable bonds is 5. The molecule has 0 aliphatic rings. The summed E-state index contributed by atoms with van der Waals surface area (Å²) in [5, 5.41) is 8.83. The van der Waals surface area contributed by atoms with Crippen molar-refractivity contribution in [3.63, 3.8) is 0 Å². The molecule has 1 atom stereocenters. The summed E-state index contributed by atoms with van der Waals surface area (Å²) >= 11 is 0. The van der Waals surface area contributed by atoms with Crippen LogP contribution < -0.4 is 5.73 Å². The van der Waals surface area contributed by atoms with Crippen molar-refractivity contribution in [1.82, 2.24) is 0 Å². The lowest BCUT2D eigenvalue weighted by molar-refractivity contribution is -0.138. The minimum absolute atomic E-state index is 0. The van der Waals surface area contributed by atoms with Gasteiger partial charge in [0.2, 0.25) is 0 Å². The van der Waals surface area contributed by atoms with Crippen molar-refractivity contribution in [2.75, 3.05) is 6.54 Å². The molecule has 0 aromatic heterocycles. The Morgan fingerprint density at radius 1 is 1.38 bits per heavy atom. The van der Waals surface area contributed by atoms with E-state index in [0.717, 1.165) is 18.4 Å². The van der Waals surface area contributed by atoms with Gasteiger partial charge in [-0.1, -0.05) is 24.3 Å². The van der Waals surface area contributed by atoms with E-state index in [1.54, 1.807) is 6.92 Å². The predicted octanol–water partition coefficient (Wildman–Crippen LogP) is 2.19.